The highest BCUT2D eigenvalue weighted by Crippen LogP contribution is 2.34. The molecule has 0 unspecified atom stereocenters. The highest BCUT2D eigenvalue weighted by atomic mass is 79.9. The van der Waals surface area contributed by atoms with Gasteiger partial charge in [0.15, 0.2) is 0 Å². The molecule has 0 saturated carbocycles. The predicted octanol–water partition coefficient (Wildman–Crippen LogP) is 3.69. The Kier molecular flexibility index (Phi) is 3.01. The minimum Gasteiger partial charge on any atom is -0.496 e. The second-order valence-corrected chi connectivity index (χ2v) is 4.14. The van der Waals surface area contributed by atoms with Crippen LogP contribution in [0, 0.1) is 27.7 Å². The number of rotatable bonds is 1. The molecule has 0 saturated heterocycles. The lowest BCUT2D eigenvalue weighted by Gasteiger charge is -2.15. The molecule has 13 heavy (non-hydrogen) atoms. The van der Waals surface area contributed by atoms with Crippen LogP contribution in [0.2, 0.25) is 0 Å². The van der Waals surface area contributed by atoms with Crippen LogP contribution in [0.1, 0.15) is 22.3 Å². The average molecular weight is 243 g/mol. The van der Waals surface area contributed by atoms with Crippen LogP contribution in [0.4, 0.5) is 0 Å². The largest absolute Gasteiger partial charge is 0.496 e. The molecule has 0 aliphatic rings. The number of hydrogen-bond acceptors (Lipinski definition) is 1. The summed E-state index contributed by atoms with van der Waals surface area (Å²) >= 11 is 3.59. The molecule has 0 spiro atoms. The van der Waals surface area contributed by atoms with Crippen LogP contribution in [0.5, 0.6) is 5.75 Å². The normalized spacial score (nSPS) is 10.3. The molecule has 1 nitrogen and oxygen atoms in total. The van der Waals surface area contributed by atoms with E-state index in [0.29, 0.717) is 0 Å². The van der Waals surface area contributed by atoms with Gasteiger partial charge < -0.3 is 4.74 Å². The van der Waals surface area contributed by atoms with E-state index in [1.165, 1.54) is 26.7 Å². The van der Waals surface area contributed by atoms with E-state index >= 15 is 0 Å². The van der Waals surface area contributed by atoms with E-state index in [4.69, 9.17) is 4.74 Å². The Labute approximate surface area is 88.2 Å². The maximum atomic E-state index is 5.37. The SMILES string of the molecule is COc1c(C)c(C)c(Br)c(C)c1C. The predicted molar refractivity (Wildman–Crippen MR) is 59.6 cm³/mol. The second-order valence-electron chi connectivity index (χ2n) is 3.35. The number of methoxy groups -OCH3 is 1. The minimum absolute atomic E-state index is 1.01. The molecule has 1 aromatic rings. The molecule has 2 heteroatoms. The fourth-order valence-electron chi connectivity index (χ4n) is 1.54. The number of benzene rings is 1. The van der Waals surface area contributed by atoms with E-state index in [1.54, 1.807) is 7.11 Å². The van der Waals surface area contributed by atoms with Gasteiger partial charge in [0, 0.05) is 4.47 Å². The van der Waals surface area contributed by atoms with Crippen molar-refractivity contribution in [1.82, 2.24) is 0 Å². The fourth-order valence-corrected chi connectivity index (χ4v) is 2.13. The lowest BCUT2D eigenvalue weighted by molar-refractivity contribution is 0.407. The van der Waals surface area contributed by atoms with Crippen molar-refractivity contribution >= 4 is 15.9 Å². The van der Waals surface area contributed by atoms with Gasteiger partial charge in [-0.05, 0) is 49.9 Å². The molecule has 72 valence electrons. The summed E-state index contributed by atoms with van der Waals surface area (Å²) in [4.78, 5) is 0. The van der Waals surface area contributed by atoms with E-state index in [0.717, 1.165) is 5.75 Å². The standard InChI is InChI=1S/C11H15BrO/c1-6-8(3)11(13-5)9(4)7(2)10(6)12/h1-5H3. The van der Waals surface area contributed by atoms with Crippen molar-refractivity contribution in [2.75, 3.05) is 7.11 Å². The van der Waals surface area contributed by atoms with Crippen LogP contribution < -0.4 is 4.74 Å². The summed E-state index contributed by atoms with van der Waals surface area (Å²) in [7, 11) is 1.72. The minimum atomic E-state index is 1.01. The zero-order chi connectivity index (χ0) is 10.2. The molecule has 0 atom stereocenters. The van der Waals surface area contributed by atoms with Crippen LogP contribution in [0.15, 0.2) is 4.47 Å². The first-order valence-electron chi connectivity index (χ1n) is 4.30. The van der Waals surface area contributed by atoms with Gasteiger partial charge >= 0.3 is 0 Å². The first-order chi connectivity index (χ1) is 6.00. The maximum absolute atomic E-state index is 5.37. The van der Waals surface area contributed by atoms with Crippen LogP contribution in [-0.4, -0.2) is 7.11 Å². The van der Waals surface area contributed by atoms with E-state index in [9.17, 15) is 0 Å². The van der Waals surface area contributed by atoms with Crippen molar-refractivity contribution in [3.8, 4) is 5.75 Å². The molecular weight excluding hydrogens is 228 g/mol. The molecule has 0 aliphatic heterocycles. The lowest BCUT2D eigenvalue weighted by atomic mass is 10.0. The topological polar surface area (TPSA) is 9.23 Å². The van der Waals surface area contributed by atoms with Gasteiger partial charge in [0.05, 0.1) is 7.11 Å². The number of hydrogen-bond donors (Lipinski definition) is 0. The molecule has 1 rings (SSSR count). The van der Waals surface area contributed by atoms with Crippen molar-refractivity contribution in [2.45, 2.75) is 27.7 Å². The van der Waals surface area contributed by atoms with Crippen molar-refractivity contribution in [3.05, 3.63) is 26.7 Å². The third kappa shape index (κ3) is 1.60. The van der Waals surface area contributed by atoms with Gasteiger partial charge in [-0.25, -0.2) is 0 Å². The Morgan fingerprint density at radius 2 is 1.23 bits per heavy atom. The molecule has 0 aromatic heterocycles. The van der Waals surface area contributed by atoms with Crippen LogP contribution in [-0.2, 0) is 0 Å². The number of halogens is 1. The summed E-state index contributed by atoms with van der Waals surface area (Å²) in [6.45, 7) is 8.39. The van der Waals surface area contributed by atoms with E-state index in [1.807, 2.05) is 0 Å². The van der Waals surface area contributed by atoms with Crippen molar-refractivity contribution in [2.24, 2.45) is 0 Å². The Hall–Kier alpha value is -0.500. The zero-order valence-corrected chi connectivity index (χ0v) is 10.4. The first kappa shape index (κ1) is 10.6. The van der Waals surface area contributed by atoms with Crippen LogP contribution >= 0.6 is 15.9 Å². The van der Waals surface area contributed by atoms with E-state index < -0.39 is 0 Å². The average Bonchev–Trinajstić information content (AvgIpc) is 2.13. The fraction of sp³-hybridized carbons (Fsp3) is 0.455. The van der Waals surface area contributed by atoms with Gasteiger partial charge in [-0.15, -0.1) is 0 Å². The summed E-state index contributed by atoms with van der Waals surface area (Å²) < 4.78 is 6.57. The van der Waals surface area contributed by atoms with Crippen LogP contribution in [0.3, 0.4) is 0 Å². The summed E-state index contributed by atoms with van der Waals surface area (Å²) in [5, 5.41) is 0. The first-order valence-corrected chi connectivity index (χ1v) is 5.09. The summed E-state index contributed by atoms with van der Waals surface area (Å²) in [5.41, 5.74) is 4.97. The zero-order valence-electron chi connectivity index (χ0n) is 8.79. The Morgan fingerprint density at radius 3 is 1.54 bits per heavy atom. The molecule has 0 bridgehead atoms. The van der Waals surface area contributed by atoms with E-state index in [-0.39, 0.29) is 0 Å². The third-order valence-corrected chi connectivity index (χ3v) is 3.86. The van der Waals surface area contributed by atoms with Gasteiger partial charge in [-0.2, -0.15) is 0 Å². The molecule has 0 radical (unpaired) electrons. The van der Waals surface area contributed by atoms with Gasteiger partial charge in [0.1, 0.15) is 5.75 Å². The Bertz CT molecular complexity index is 313. The van der Waals surface area contributed by atoms with E-state index in [2.05, 4.69) is 43.6 Å². The van der Waals surface area contributed by atoms with Gasteiger partial charge in [0.2, 0.25) is 0 Å². The number of ether oxygens (including phenoxy) is 1. The quantitative estimate of drug-likeness (QED) is 0.730. The molecule has 1 aromatic carbocycles. The smallest absolute Gasteiger partial charge is 0.125 e. The van der Waals surface area contributed by atoms with Crippen molar-refractivity contribution < 1.29 is 4.74 Å². The van der Waals surface area contributed by atoms with Gasteiger partial charge in [-0.1, -0.05) is 15.9 Å². The Balaban J connectivity index is 3.56. The summed E-state index contributed by atoms with van der Waals surface area (Å²) in [5.74, 6) is 1.01. The molecule has 0 aliphatic carbocycles. The monoisotopic (exact) mass is 242 g/mol. The van der Waals surface area contributed by atoms with Crippen LogP contribution in [0.25, 0.3) is 0 Å². The molecule has 0 fully saturated rings. The molecule has 0 N–H and O–H groups in total. The molecule has 0 heterocycles. The van der Waals surface area contributed by atoms with Gasteiger partial charge in [-0.3, -0.25) is 0 Å². The Morgan fingerprint density at radius 1 is 0.846 bits per heavy atom. The lowest BCUT2D eigenvalue weighted by Crippen LogP contribution is -1.97. The van der Waals surface area contributed by atoms with Crippen molar-refractivity contribution in [1.29, 1.82) is 0 Å². The molecule has 0 amide bonds. The van der Waals surface area contributed by atoms with Crippen molar-refractivity contribution in [3.63, 3.8) is 0 Å². The summed E-state index contributed by atoms with van der Waals surface area (Å²) in [6.07, 6.45) is 0. The third-order valence-electron chi connectivity index (χ3n) is 2.67. The highest BCUT2D eigenvalue weighted by molar-refractivity contribution is 9.10. The second kappa shape index (κ2) is 3.70. The molecular formula is C11H15BrO. The van der Waals surface area contributed by atoms with Gasteiger partial charge in [0.25, 0.3) is 0 Å². The maximum Gasteiger partial charge on any atom is 0.125 e. The highest BCUT2D eigenvalue weighted by Gasteiger charge is 2.12. The summed E-state index contributed by atoms with van der Waals surface area (Å²) in [6, 6.07) is 0.